The van der Waals surface area contributed by atoms with E-state index in [1.165, 1.54) is 0 Å². The molecule has 1 atom stereocenters. The lowest BCUT2D eigenvalue weighted by Crippen LogP contribution is -2.18. The first-order valence-electron chi connectivity index (χ1n) is 9.45. The maximum atomic E-state index is 12.2. The number of aliphatic hydroxyl groups excluding tert-OH is 1. The minimum atomic E-state index is -0.184. The number of hydrogen-bond donors (Lipinski definition) is 1. The van der Waals surface area contributed by atoms with Crippen LogP contribution >= 0.6 is 0 Å². The average Bonchev–Trinajstić information content (AvgIpc) is 3.20. The Balaban J connectivity index is 1.80. The third-order valence-corrected chi connectivity index (χ3v) is 5.13. The number of carbonyl (C=O) groups excluding carboxylic acids is 1. The van der Waals surface area contributed by atoms with Crippen molar-refractivity contribution >= 4 is 11.4 Å². The molecule has 2 heterocycles. The number of ketones is 1. The summed E-state index contributed by atoms with van der Waals surface area (Å²) in [5.41, 5.74) is 4.28. The van der Waals surface area contributed by atoms with E-state index >= 15 is 0 Å². The van der Waals surface area contributed by atoms with Crippen LogP contribution in [0.15, 0.2) is 48.2 Å². The highest BCUT2D eigenvalue weighted by atomic mass is 16.5. The normalized spacial score (nSPS) is 19.7. The highest BCUT2D eigenvalue weighted by Gasteiger charge is 2.24. The molecule has 6 nitrogen and oxygen atoms in total. The molecule has 0 spiro atoms. The SMILES string of the molecule is N#CC1=CC=C(c2cn(C3CCCCO3)nc2-c2cccc(CO)c2)CC1=O. The quantitative estimate of drug-likeness (QED) is 0.883. The van der Waals surface area contributed by atoms with Crippen molar-refractivity contribution in [3.63, 3.8) is 0 Å². The number of aliphatic hydroxyl groups is 1. The second kappa shape index (κ2) is 7.93. The van der Waals surface area contributed by atoms with Crippen LogP contribution in [0.4, 0.5) is 0 Å². The smallest absolute Gasteiger partial charge is 0.177 e. The van der Waals surface area contributed by atoms with Crippen LogP contribution in [-0.2, 0) is 16.1 Å². The van der Waals surface area contributed by atoms with Crippen molar-refractivity contribution in [3.8, 4) is 17.3 Å². The lowest BCUT2D eigenvalue weighted by atomic mass is 9.91. The Morgan fingerprint density at radius 2 is 2.21 bits per heavy atom. The van der Waals surface area contributed by atoms with E-state index in [0.717, 1.165) is 47.2 Å². The number of nitriles is 1. The summed E-state index contributed by atoms with van der Waals surface area (Å²) >= 11 is 0. The predicted octanol–water partition coefficient (Wildman–Crippen LogP) is 3.55. The molecular weight excluding hydrogens is 354 g/mol. The third kappa shape index (κ3) is 3.55. The summed E-state index contributed by atoms with van der Waals surface area (Å²) in [6.07, 6.45) is 8.42. The van der Waals surface area contributed by atoms with Crippen molar-refractivity contribution < 1.29 is 14.6 Å². The molecule has 1 aliphatic carbocycles. The average molecular weight is 375 g/mol. The Bertz CT molecular complexity index is 1000. The number of ether oxygens (including phenoxy) is 1. The van der Waals surface area contributed by atoms with E-state index in [2.05, 4.69) is 0 Å². The molecule has 1 fully saturated rings. The summed E-state index contributed by atoms with van der Waals surface area (Å²) in [6.45, 7) is 0.662. The highest BCUT2D eigenvalue weighted by molar-refractivity contribution is 6.07. The number of aromatic nitrogens is 2. The topological polar surface area (TPSA) is 88.1 Å². The Hall–Kier alpha value is -3.01. The molecule has 0 amide bonds. The van der Waals surface area contributed by atoms with Crippen molar-refractivity contribution in [2.24, 2.45) is 0 Å². The molecule has 0 saturated carbocycles. The molecule has 28 heavy (non-hydrogen) atoms. The molecule has 1 aromatic carbocycles. The van der Waals surface area contributed by atoms with E-state index < -0.39 is 0 Å². The second-order valence-corrected chi connectivity index (χ2v) is 7.04. The van der Waals surface area contributed by atoms with Crippen LogP contribution < -0.4 is 0 Å². The van der Waals surface area contributed by atoms with Crippen LogP contribution in [0.25, 0.3) is 16.8 Å². The van der Waals surface area contributed by atoms with Crippen LogP contribution in [0.3, 0.4) is 0 Å². The number of benzene rings is 1. The molecule has 1 aromatic heterocycles. The van der Waals surface area contributed by atoms with Gasteiger partial charge in [-0.15, -0.1) is 0 Å². The third-order valence-electron chi connectivity index (χ3n) is 5.13. The number of Topliss-reactive ketones (excluding diaryl/α,β-unsaturated/α-hetero) is 1. The van der Waals surface area contributed by atoms with E-state index in [-0.39, 0.29) is 30.6 Å². The van der Waals surface area contributed by atoms with Crippen LogP contribution in [0.1, 0.15) is 43.0 Å². The summed E-state index contributed by atoms with van der Waals surface area (Å²) in [7, 11) is 0. The number of rotatable bonds is 4. The molecule has 142 valence electrons. The zero-order valence-electron chi connectivity index (χ0n) is 15.5. The molecule has 0 radical (unpaired) electrons. The number of nitrogens with zero attached hydrogens (tertiary/aromatic N) is 3. The van der Waals surface area contributed by atoms with Crippen LogP contribution in [0.2, 0.25) is 0 Å². The van der Waals surface area contributed by atoms with Crippen LogP contribution in [0, 0.1) is 11.3 Å². The molecule has 1 aliphatic heterocycles. The molecule has 2 aliphatic rings. The first-order chi connectivity index (χ1) is 13.7. The van der Waals surface area contributed by atoms with Gasteiger partial charge in [-0.2, -0.15) is 10.4 Å². The molecule has 2 aromatic rings. The zero-order chi connectivity index (χ0) is 19.5. The highest BCUT2D eigenvalue weighted by Crippen LogP contribution is 2.34. The van der Waals surface area contributed by atoms with E-state index in [9.17, 15) is 9.90 Å². The van der Waals surface area contributed by atoms with Gasteiger partial charge in [0.05, 0.1) is 17.9 Å². The van der Waals surface area contributed by atoms with Gasteiger partial charge < -0.3 is 9.84 Å². The van der Waals surface area contributed by atoms with Gasteiger partial charge in [0.25, 0.3) is 0 Å². The van der Waals surface area contributed by atoms with Gasteiger partial charge in [-0.1, -0.05) is 24.3 Å². The minimum Gasteiger partial charge on any atom is -0.392 e. The monoisotopic (exact) mass is 375 g/mol. The van der Waals surface area contributed by atoms with Gasteiger partial charge in [0, 0.05) is 30.4 Å². The summed E-state index contributed by atoms with van der Waals surface area (Å²) in [4.78, 5) is 12.2. The largest absolute Gasteiger partial charge is 0.392 e. The molecule has 1 saturated heterocycles. The van der Waals surface area contributed by atoms with Crippen molar-refractivity contribution in [1.82, 2.24) is 9.78 Å². The molecule has 1 unspecified atom stereocenters. The molecular formula is C22H21N3O3. The van der Waals surface area contributed by atoms with Crippen LogP contribution in [0.5, 0.6) is 0 Å². The van der Waals surface area contributed by atoms with Crippen molar-refractivity contribution in [1.29, 1.82) is 5.26 Å². The van der Waals surface area contributed by atoms with E-state index in [0.29, 0.717) is 6.61 Å². The van der Waals surface area contributed by atoms with Gasteiger partial charge in [-0.05, 0) is 42.5 Å². The van der Waals surface area contributed by atoms with E-state index in [1.54, 1.807) is 6.08 Å². The molecule has 1 N–H and O–H groups in total. The first kappa shape index (κ1) is 18.4. The Kier molecular flexibility index (Phi) is 5.20. The Labute approximate surface area is 163 Å². The van der Waals surface area contributed by atoms with Gasteiger partial charge >= 0.3 is 0 Å². The van der Waals surface area contributed by atoms with Crippen LogP contribution in [-0.4, -0.2) is 27.3 Å². The summed E-state index contributed by atoms with van der Waals surface area (Å²) in [5.74, 6) is -0.184. The van der Waals surface area contributed by atoms with E-state index in [4.69, 9.17) is 15.1 Å². The van der Waals surface area contributed by atoms with Crippen molar-refractivity contribution in [3.05, 3.63) is 59.3 Å². The summed E-state index contributed by atoms with van der Waals surface area (Å²) in [6, 6.07) is 9.53. The molecule has 0 bridgehead atoms. The number of allylic oxidation sites excluding steroid dienone is 4. The maximum absolute atomic E-state index is 12.2. The lowest BCUT2D eigenvalue weighted by molar-refractivity contribution is -0.114. The maximum Gasteiger partial charge on any atom is 0.177 e. The number of carbonyl (C=O) groups is 1. The molecule has 6 heteroatoms. The fraction of sp³-hybridized carbons (Fsp3) is 0.318. The standard InChI is InChI=1S/C22H21N3O3/c23-12-18-8-7-16(11-20(18)27)19-13-25(21-6-1-2-9-28-21)24-22(19)17-5-3-4-15(10-17)14-26/h3-5,7-8,10,13,21,26H,1-2,6,9,11,14H2. The minimum absolute atomic E-state index is 0.0505. The zero-order valence-corrected chi connectivity index (χ0v) is 15.5. The Morgan fingerprint density at radius 3 is 2.93 bits per heavy atom. The van der Waals surface area contributed by atoms with Crippen molar-refractivity contribution in [2.45, 2.75) is 38.5 Å². The predicted molar refractivity (Wildman–Crippen MR) is 104 cm³/mol. The van der Waals surface area contributed by atoms with Gasteiger partial charge in [0.1, 0.15) is 12.3 Å². The summed E-state index contributed by atoms with van der Waals surface area (Å²) in [5, 5.41) is 23.3. The summed E-state index contributed by atoms with van der Waals surface area (Å²) < 4.78 is 7.71. The lowest BCUT2D eigenvalue weighted by Gasteiger charge is -2.22. The van der Waals surface area contributed by atoms with Gasteiger partial charge in [0.15, 0.2) is 5.78 Å². The second-order valence-electron chi connectivity index (χ2n) is 7.04. The Morgan fingerprint density at radius 1 is 1.32 bits per heavy atom. The van der Waals surface area contributed by atoms with E-state index in [1.807, 2.05) is 47.3 Å². The van der Waals surface area contributed by atoms with Crippen molar-refractivity contribution in [2.75, 3.05) is 6.61 Å². The fourth-order valence-electron chi connectivity index (χ4n) is 3.63. The van der Waals surface area contributed by atoms with Gasteiger partial charge in [0.2, 0.25) is 0 Å². The van der Waals surface area contributed by atoms with Gasteiger partial charge in [-0.3, -0.25) is 4.79 Å². The fourth-order valence-corrected chi connectivity index (χ4v) is 3.63. The molecule has 4 rings (SSSR count). The number of hydrogen-bond acceptors (Lipinski definition) is 5. The first-order valence-corrected chi connectivity index (χ1v) is 9.45. The van der Waals surface area contributed by atoms with Gasteiger partial charge in [-0.25, -0.2) is 4.68 Å².